The number of aromatic amines is 1. The average molecular weight is 400 g/mol. The first-order valence-corrected chi connectivity index (χ1v) is 10.4. The van der Waals surface area contributed by atoms with Crippen molar-refractivity contribution in [3.8, 4) is 5.75 Å². The van der Waals surface area contributed by atoms with Gasteiger partial charge in [-0.1, -0.05) is 37.7 Å². The Morgan fingerprint density at radius 3 is 2.79 bits per heavy atom. The van der Waals surface area contributed by atoms with Crippen LogP contribution in [-0.2, 0) is 15.2 Å². The number of thioether (sulfide) groups is 1. The minimum absolute atomic E-state index is 0.0597. The van der Waals surface area contributed by atoms with Crippen LogP contribution in [0.1, 0.15) is 25.1 Å². The van der Waals surface area contributed by atoms with Gasteiger partial charge in [0.1, 0.15) is 12.4 Å². The quantitative estimate of drug-likeness (QED) is 0.622. The van der Waals surface area contributed by atoms with Crippen molar-refractivity contribution in [2.24, 2.45) is 5.41 Å². The lowest BCUT2D eigenvalue weighted by Crippen LogP contribution is -2.40. The molecule has 0 radical (unpaired) electrons. The van der Waals surface area contributed by atoms with Crippen molar-refractivity contribution in [3.63, 3.8) is 0 Å². The highest BCUT2D eigenvalue weighted by atomic mass is 32.2. The van der Waals surface area contributed by atoms with E-state index in [1.54, 1.807) is 18.0 Å². The van der Waals surface area contributed by atoms with E-state index >= 15 is 0 Å². The number of H-pyrrole nitrogens is 1. The molecule has 6 nitrogen and oxygen atoms in total. The Morgan fingerprint density at radius 2 is 2.00 bits per heavy atom. The summed E-state index contributed by atoms with van der Waals surface area (Å²) in [6, 6.07) is 9.91. The van der Waals surface area contributed by atoms with Crippen LogP contribution in [0.5, 0.6) is 5.75 Å². The van der Waals surface area contributed by atoms with Crippen LogP contribution in [0.25, 0.3) is 11.0 Å². The summed E-state index contributed by atoms with van der Waals surface area (Å²) in [5.74, 6) is 1.53. The number of hydrogen-bond acceptors (Lipinski definition) is 6. The molecule has 28 heavy (non-hydrogen) atoms. The first-order chi connectivity index (χ1) is 13.5. The molecule has 0 spiro atoms. The van der Waals surface area contributed by atoms with Gasteiger partial charge in [0, 0.05) is 22.9 Å². The number of para-hydroxylation sites is 2. The van der Waals surface area contributed by atoms with E-state index in [0.29, 0.717) is 25.6 Å². The number of ether oxygens (including phenoxy) is 3. The Hall–Kier alpha value is -2.09. The summed E-state index contributed by atoms with van der Waals surface area (Å²) >= 11 is 1.63. The molecule has 2 aromatic heterocycles. The molecule has 4 rings (SSSR count). The molecule has 1 aromatic carbocycles. The second-order valence-electron chi connectivity index (χ2n) is 7.76. The third kappa shape index (κ3) is 4.48. The van der Waals surface area contributed by atoms with Crippen molar-refractivity contribution >= 4 is 22.8 Å². The van der Waals surface area contributed by atoms with Crippen LogP contribution in [0.2, 0.25) is 0 Å². The van der Waals surface area contributed by atoms with Crippen molar-refractivity contribution in [1.82, 2.24) is 15.0 Å². The number of rotatable bonds is 6. The van der Waals surface area contributed by atoms with Crippen LogP contribution in [0.15, 0.2) is 41.7 Å². The van der Waals surface area contributed by atoms with E-state index < -0.39 is 0 Å². The molecule has 7 heteroatoms. The second kappa shape index (κ2) is 8.11. The van der Waals surface area contributed by atoms with E-state index in [-0.39, 0.29) is 11.7 Å². The van der Waals surface area contributed by atoms with Gasteiger partial charge in [0.25, 0.3) is 0 Å². The molecule has 3 heterocycles. The maximum atomic E-state index is 5.96. The predicted octanol–water partition coefficient (Wildman–Crippen LogP) is 4.34. The van der Waals surface area contributed by atoms with Gasteiger partial charge in [0.05, 0.1) is 29.9 Å². The van der Waals surface area contributed by atoms with E-state index in [9.17, 15) is 0 Å². The van der Waals surface area contributed by atoms with Crippen LogP contribution in [0.4, 0.5) is 0 Å². The van der Waals surface area contributed by atoms with Crippen LogP contribution >= 0.6 is 11.8 Å². The number of nitrogens with zero attached hydrogens (tertiary/aromatic N) is 2. The molecule has 0 amide bonds. The van der Waals surface area contributed by atoms with Gasteiger partial charge in [-0.05, 0) is 25.1 Å². The van der Waals surface area contributed by atoms with Gasteiger partial charge in [0.15, 0.2) is 11.4 Å². The fraction of sp³-hybridized carbons (Fsp3) is 0.429. The van der Waals surface area contributed by atoms with Crippen LogP contribution in [0.3, 0.4) is 0 Å². The normalized spacial score (nSPS) is 17.1. The predicted molar refractivity (Wildman–Crippen MR) is 110 cm³/mol. The molecule has 0 saturated carbocycles. The summed E-state index contributed by atoms with van der Waals surface area (Å²) in [5, 5.41) is 0.889. The zero-order valence-electron chi connectivity index (χ0n) is 16.4. The van der Waals surface area contributed by atoms with Crippen molar-refractivity contribution in [1.29, 1.82) is 0 Å². The van der Waals surface area contributed by atoms with E-state index in [2.05, 4.69) is 28.8 Å². The van der Waals surface area contributed by atoms with Gasteiger partial charge in [-0.3, -0.25) is 4.98 Å². The number of imidazole rings is 1. The van der Waals surface area contributed by atoms with E-state index in [1.165, 1.54) is 0 Å². The van der Waals surface area contributed by atoms with Gasteiger partial charge >= 0.3 is 0 Å². The highest BCUT2D eigenvalue weighted by molar-refractivity contribution is 7.98. The molecule has 148 valence electrons. The monoisotopic (exact) mass is 399 g/mol. The number of pyridine rings is 1. The number of fused-ring (bicyclic) bond motifs is 1. The lowest BCUT2D eigenvalue weighted by atomic mass is 9.96. The zero-order chi connectivity index (χ0) is 19.6. The smallest absolute Gasteiger partial charge is 0.191 e. The SMILES string of the molecule is Cc1c(OCC2OCC(C)(C)CO2)ccnc1CSc1nc2ccccc2[nH]1. The van der Waals surface area contributed by atoms with Crippen LogP contribution in [0, 0.1) is 12.3 Å². The molecule has 1 N–H and O–H groups in total. The third-order valence-corrected chi connectivity index (χ3v) is 5.55. The van der Waals surface area contributed by atoms with E-state index in [1.807, 2.05) is 37.3 Å². The molecule has 0 bridgehead atoms. The lowest BCUT2D eigenvalue weighted by Gasteiger charge is -2.34. The van der Waals surface area contributed by atoms with Gasteiger partial charge in [-0.25, -0.2) is 4.98 Å². The van der Waals surface area contributed by atoms with E-state index in [4.69, 9.17) is 14.2 Å². The Balaban J connectivity index is 1.36. The number of hydrogen-bond donors (Lipinski definition) is 1. The molecule has 1 fully saturated rings. The number of aromatic nitrogens is 3. The second-order valence-corrected chi connectivity index (χ2v) is 8.72. The van der Waals surface area contributed by atoms with Crippen LogP contribution in [-0.4, -0.2) is 41.1 Å². The van der Waals surface area contributed by atoms with Gasteiger partial charge in [-0.2, -0.15) is 0 Å². The average Bonchev–Trinajstić information content (AvgIpc) is 3.10. The first kappa shape index (κ1) is 19.2. The summed E-state index contributed by atoms with van der Waals surface area (Å²) in [6.07, 6.45) is 1.46. The molecule has 0 unspecified atom stereocenters. The Labute approximate surface area is 169 Å². The summed E-state index contributed by atoms with van der Waals surface area (Å²) in [6.45, 7) is 8.01. The number of nitrogens with one attached hydrogen (secondary N) is 1. The van der Waals surface area contributed by atoms with Gasteiger partial charge < -0.3 is 19.2 Å². The van der Waals surface area contributed by atoms with Crippen LogP contribution < -0.4 is 4.74 Å². The number of benzene rings is 1. The molecule has 0 atom stereocenters. The maximum absolute atomic E-state index is 5.96. The summed E-state index contributed by atoms with van der Waals surface area (Å²) < 4.78 is 17.4. The Kier molecular flexibility index (Phi) is 5.57. The van der Waals surface area contributed by atoms with Crippen molar-refractivity contribution in [3.05, 3.63) is 47.8 Å². The third-order valence-electron chi connectivity index (χ3n) is 4.67. The molecule has 0 aliphatic carbocycles. The summed E-state index contributed by atoms with van der Waals surface area (Å²) in [5.41, 5.74) is 4.09. The largest absolute Gasteiger partial charge is 0.488 e. The lowest BCUT2D eigenvalue weighted by molar-refractivity contribution is -0.231. The molecule has 3 aromatic rings. The maximum Gasteiger partial charge on any atom is 0.191 e. The molecule has 1 saturated heterocycles. The zero-order valence-corrected chi connectivity index (χ0v) is 17.2. The molecule has 1 aliphatic rings. The molecular formula is C21H25N3O3S. The first-order valence-electron chi connectivity index (χ1n) is 9.38. The summed E-state index contributed by atoms with van der Waals surface area (Å²) in [7, 11) is 0. The summed E-state index contributed by atoms with van der Waals surface area (Å²) in [4.78, 5) is 12.5. The Bertz CT molecular complexity index is 914. The van der Waals surface area contributed by atoms with Gasteiger partial charge in [0.2, 0.25) is 0 Å². The topological polar surface area (TPSA) is 69.3 Å². The minimum atomic E-state index is -0.325. The highest BCUT2D eigenvalue weighted by Gasteiger charge is 2.28. The van der Waals surface area contributed by atoms with Gasteiger partial charge in [-0.15, -0.1) is 0 Å². The fourth-order valence-corrected chi connectivity index (χ4v) is 3.89. The molecule has 1 aliphatic heterocycles. The molecular weight excluding hydrogens is 374 g/mol. The Morgan fingerprint density at radius 1 is 1.21 bits per heavy atom. The fourth-order valence-electron chi connectivity index (χ4n) is 2.98. The van der Waals surface area contributed by atoms with Crippen molar-refractivity contribution < 1.29 is 14.2 Å². The van der Waals surface area contributed by atoms with E-state index in [0.717, 1.165) is 33.2 Å². The standard InChI is InChI=1S/C21H25N3O3S/c1-14-17(11-28-20-23-15-6-4-5-7-16(15)24-20)22-9-8-18(14)25-10-19-26-12-21(2,3)13-27-19/h4-9,19H,10-13H2,1-3H3,(H,23,24). The minimum Gasteiger partial charge on any atom is -0.488 e. The van der Waals surface area contributed by atoms with Crippen molar-refractivity contribution in [2.45, 2.75) is 38.0 Å². The highest BCUT2D eigenvalue weighted by Crippen LogP contribution is 2.28. The van der Waals surface area contributed by atoms with Crippen molar-refractivity contribution in [2.75, 3.05) is 19.8 Å².